The maximum absolute atomic E-state index is 12.4. The molecule has 1 N–H and O–H groups in total. The second-order valence-electron chi connectivity index (χ2n) is 6.72. The molecule has 2 aromatic carbocycles. The molecule has 1 aliphatic rings. The number of benzene rings is 2. The number of hydrogen-bond acceptors (Lipinski definition) is 5. The van der Waals surface area contributed by atoms with Gasteiger partial charge in [0.15, 0.2) is 0 Å². The molecule has 0 saturated carbocycles. The normalized spacial score (nSPS) is 13.8. The summed E-state index contributed by atoms with van der Waals surface area (Å²) >= 11 is 0. The number of anilines is 3. The van der Waals surface area contributed by atoms with E-state index in [9.17, 15) is 13.2 Å². The van der Waals surface area contributed by atoms with E-state index in [2.05, 4.69) is 10.2 Å². The van der Waals surface area contributed by atoms with E-state index in [1.54, 1.807) is 36.4 Å². The number of nitriles is 1. The molecule has 7 nitrogen and oxygen atoms in total. The van der Waals surface area contributed by atoms with Gasteiger partial charge >= 0.3 is 0 Å². The Kier molecular flexibility index (Phi) is 5.85. The van der Waals surface area contributed by atoms with Crippen molar-refractivity contribution in [1.82, 2.24) is 0 Å². The lowest BCUT2D eigenvalue weighted by Crippen LogP contribution is -2.37. The van der Waals surface area contributed by atoms with Crippen molar-refractivity contribution in [3.63, 3.8) is 0 Å². The average Bonchev–Trinajstić information content (AvgIpc) is 3.21. The molecule has 28 heavy (non-hydrogen) atoms. The lowest BCUT2D eigenvalue weighted by Gasteiger charge is -2.23. The SMILES string of the molecule is CS(=O)(=O)N(CC(=O)Nc1ccc(C#N)cc1)c1ccc(N2CCCC2)cc1. The average molecular weight is 398 g/mol. The summed E-state index contributed by atoms with van der Waals surface area (Å²) in [7, 11) is -3.63. The third-order valence-corrected chi connectivity index (χ3v) is 5.73. The zero-order chi connectivity index (χ0) is 20.1. The molecule has 0 atom stereocenters. The van der Waals surface area contributed by atoms with Crippen LogP contribution in [0.1, 0.15) is 18.4 Å². The van der Waals surface area contributed by atoms with E-state index in [4.69, 9.17) is 5.26 Å². The first-order valence-electron chi connectivity index (χ1n) is 8.99. The third-order valence-electron chi connectivity index (χ3n) is 4.59. The van der Waals surface area contributed by atoms with Crippen molar-refractivity contribution in [3.05, 3.63) is 54.1 Å². The van der Waals surface area contributed by atoms with E-state index in [1.165, 1.54) is 0 Å². The highest BCUT2D eigenvalue weighted by molar-refractivity contribution is 7.92. The van der Waals surface area contributed by atoms with Gasteiger partial charge in [0.1, 0.15) is 6.54 Å². The first kappa shape index (κ1) is 19.7. The Morgan fingerprint density at radius 2 is 1.71 bits per heavy atom. The van der Waals surface area contributed by atoms with Gasteiger partial charge in [-0.1, -0.05) is 0 Å². The van der Waals surface area contributed by atoms with Crippen molar-refractivity contribution in [2.45, 2.75) is 12.8 Å². The monoisotopic (exact) mass is 398 g/mol. The van der Waals surface area contributed by atoms with Crippen molar-refractivity contribution in [2.24, 2.45) is 0 Å². The van der Waals surface area contributed by atoms with E-state index >= 15 is 0 Å². The molecule has 0 radical (unpaired) electrons. The first-order valence-corrected chi connectivity index (χ1v) is 10.8. The fraction of sp³-hybridized carbons (Fsp3) is 0.300. The standard InChI is InChI=1S/C20H22N4O3S/c1-28(26,27)24(15-20(25)22-17-6-4-16(14-21)5-7-17)19-10-8-18(9-11-19)23-12-2-3-13-23/h4-11H,2-3,12-13,15H2,1H3,(H,22,25). The zero-order valence-electron chi connectivity index (χ0n) is 15.6. The van der Waals surface area contributed by atoms with Gasteiger partial charge in [0.05, 0.1) is 23.6 Å². The Bertz CT molecular complexity index is 974. The van der Waals surface area contributed by atoms with Crippen LogP contribution in [-0.4, -0.2) is 40.2 Å². The van der Waals surface area contributed by atoms with Gasteiger partial charge in [-0.25, -0.2) is 8.42 Å². The fourth-order valence-electron chi connectivity index (χ4n) is 3.16. The quantitative estimate of drug-likeness (QED) is 0.807. The molecule has 146 valence electrons. The van der Waals surface area contributed by atoms with Gasteiger partial charge in [-0.3, -0.25) is 9.10 Å². The zero-order valence-corrected chi connectivity index (χ0v) is 16.4. The smallest absolute Gasteiger partial charge is 0.245 e. The predicted molar refractivity (Wildman–Crippen MR) is 110 cm³/mol. The predicted octanol–water partition coefficient (Wildman–Crippen LogP) is 2.56. The number of sulfonamides is 1. The maximum atomic E-state index is 12.4. The van der Waals surface area contributed by atoms with Gasteiger partial charge in [0.2, 0.25) is 15.9 Å². The topological polar surface area (TPSA) is 93.5 Å². The van der Waals surface area contributed by atoms with Crippen molar-refractivity contribution in [3.8, 4) is 6.07 Å². The molecule has 0 bridgehead atoms. The van der Waals surface area contributed by atoms with Crippen LogP contribution in [0.3, 0.4) is 0 Å². The summed E-state index contributed by atoms with van der Waals surface area (Å²) in [6.07, 6.45) is 3.40. The van der Waals surface area contributed by atoms with Gasteiger partial charge in [-0.15, -0.1) is 0 Å². The van der Waals surface area contributed by atoms with E-state index in [-0.39, 0.29) is 6.54 Å². The highest BCUT2D eigenvalue weighted by Gasteiger charge is 2.21. The summed E-state index contributed by atoms with van der Waals surface area (Å²) in [4.78, 5) is 14.6. The summed E-state index contributed by atoms with van der Waals surface area (Å²) in [6, 6.07) is 15.6. The Hall–Kier alpha value is -3.05. The summed E-state index contributed by atoms with van der Waals surface area (Å²) in [5, 5.41) is 11.5. The molecule has 2 aromatic rings. The molecule has 3 rings (SSSR count). The molecule has 0 unspecified atom stereocenters. The maximum Gasteiger partial charge on any atom is 0.245 e. The molecular formula is C20H22N4O3S. The van der Waals surface area contributed by atoms with E-state index in [1.807, 2.05) is 18.2 Å². The lowest BCUT2D eigenvalue weighted by molar-refractivity contribution is -0.114. The van der Waals surface area contributed by atoms with Crippen molar-refractivity contribution < 1.29 is 13.2 Å². The van der Waals surface area contributed by atoms with Crippen molar-refractivity contribution in [2.75, 3.05) is 40.4 Å². The molecule has 8 heteroatoms. The van der Waals surface area contributed by atoms with Gasteiger partial charge in [-0.05, 0) is 61.4 Å². The van der Waals surface area contributed by atoms with Gasteiger partial charge in [0, 0.05) is 24.5 Å². The minimum Gasteiger partial charge on any atom is -0.372 e. The molecule has 0 aromatic heterocycles. The Labute approximate surface area is 165 Å². The number of carbonyl (C=O) groups is 1. The van der Waals surface area contributed by atoms with E-state index in [0.29, 0.717) is 16.9 Å². The number of rotatable bonds is 6. The molecule has 0 aliphatic carbocycles. The molecule has 1 heterocycles. The van der Waals surface area contributed by atoms with Crippen molar-refractivity contribution >= 4 is 33.0 Å². The minimum atomic E-state index is -3.63. The lowest BCUT2D eigenvalue weighted by atomic mass is 10.2. The Morgan fingerprint density at radius 3 is 2.25 bits per heavy atom. The van der Waals surface area contributed by atoms with Crippen LogP contribution in [0.4, 0.5) is 17.1 Å². The van der Waals surface area contributed by atoms with Gasteiger partial charge < -0.3 is 10.2 Å². The summed E-state index contributed by atoms with van der Waals surface area (Å²) in [6.45, 7) is 1.67. The first-order chi connectivity index (χ1) is 13.4. The molecule has 1 amide bonds. The van der Waals surface area contributed by atoms with Crippen molar-refractivity contribution in [1.29, 1.82) is 5.26 Å². The molecule has 1 fully saturated rings. The highest BCUT2D eigenvalue weighted by atomic mass is 32.2. The van der Waals surface area contributed by atoms with Crippen LogP contribution in [0.15, 0.2) is 48.5 Å². The summed E-state index contributed by atoms with van der Waals surface area (Å²) in [5.41, 5.74) is 2.48. The van der Waals surface area contributed by atoms with Gasteiger partial charge in [-0.2, -0.15) is 5.26 Å². The number of amides is 1. The highest BCUT2D eigenvalue weighted by Crippen LogP contribution is 2.25. The van der Waals surface area contributed by atoms with Crippen LogP contribution in [0.5, 0.6) is 0 Å². The number of nitrogens with one attached hydrogen (secondary N) is 1. The van der Waals surface area contributed by atoms with Crippen LogP contribution in [0.25, 0.3) is 0 Å². The molecular weight excluding hydrogens is 376 g/mol. The van der Waals surface area contributed by atoms with Crippen LogP contribution >= 0.6 is 0 Å². The summed E-state index contributed by atoms with van der Waals surface area (Å²) < 4.78 is 25.6. The second-order valence-corrected chi connectivity index (χ2v) is 8.62. The largest absolute Gasteiger partial charge is 0.372 e. The fourth-order valence-corrected chi connectivity index (χ4v) is 4.02. The van der Waals surface area contributed by atoms with Crippen LogP contribution in [0, 0.1) is 11.3 Å². The second kappa shape index (κ2) is 8.31. The van der Waals surface area contributed by atoms with Crippen LogP contribution < -0.4 is 14.5 Å². The van der Waals surface area contributed by atoms with Crippen LogP contribution in [0.2, 0.25) is 0 Å². The Morgan fingerprint density at radius 1 is 1.11 bits per heavy atom. The minimum absolute atomic E-state index is 0.331. The molecule has 1 aliphatic heterocycles. The van der Waals surface area contributed by atoms with Gasteiger partial charge in [0.25, 0.3) is 0 Å². The third kappa shape index (κ3) is 4.81. The van der Waals surface area contributed by atoms with E-state index in [0.717, 1.165) is 42.2 Å². The Balaban J connectivity index is 1.73. The number of nitrogens with zero attached hydrogens (tertiary/aromatic N) is 3. The number of hydrogen-bond donors (Lipinski definition) is 1. The van der Waals surface area contributed by atoms with E-state index < -0.39 is 15.9 Å². The number of carbonyl (C=O) groups excluding carboxylic acids is 1. The molecule has 1 saturated heterocycles. The summed E-state index contributed by atoms with van der Waals surface area (Å²) in [5.74, 6) is -0.459. The van der Waals surface area contributed by atoms with Crippen LogP contribution in [-0.2, 0) is 14.8 Å². The molecule has 0 spiro atoms.